The number of aryl methyl sites for hydroxylation is 1. The van der Waals surface area contributed by atoms with Crippen LogP contribution in [-0.4, -0.2) is 58.7 Å². The van der Waals surface area contributed by atoms with E-state index in [2.05, 4.69) is 57.0 Å². The minimum absolute atomic E-state index is 0.0219. The lowest BCUT2D eigenvalue weighted by atomic mass is 10.1. The van der Waals surface area contributed by atoms with Crippen LogP contribution in [0.25, 0.3) is 22.2 Å². The van der Waals surface area contributed by atoms with Crippen LogP contribution in [0, 0.1) is 0 Å². The molecule has 1 aliphatic rings. The highest BCUT2D eigenvalue weighted by molar-refractivity contribution is 6.00. The molecular weight excluding hydrogens is 468 g/mol. The van der Waals surface area contributed by atoms with Crippen molar-refractivity contribution in [1.29, 1.82) is 0 Å². The molecule has 1 saturated heterocycles. The fraction of sp³-hybridized carbons (Fsp3) is 0.250. The molecule has 2 aromatic carbocycles. The van der Waals surface area contributed by atoms with Crippen molar-refractivity contribution in [3.05, 3.63) is 67.5 Å². The predicted molar refractivity (Wildman–Crippen MR) is 146 cm³/mol. The van der Waals surface area contributed by atoms with Gasteiger partial charge in [-0.05, 0) is 37.7 Å². The number of nitrogens with one attached hydrogen (secondary N) is 2. The molecule has 190 valence electrons. The summed E-state index contributed by atoms with van der Waals surface area (Å²) in [4.78, 5) is 23.6. The van der Waals surface area contributed by atoms with Gasteiger partial charge in [-0.3, -0.25) is 4.79 Å². The molecular formula is C28H30N6O3. The summed E-state index contributed by atoms with van der Waals surface area (Å²) < 4.78 is 14.0. The van der Waals surface area contributed by atoms with Crippen LogP contribution in [0.5, 0.6) is 11.5 Å². The molecule has 0 unspecified atom stereocenters. The molecule has 0 radical (unpaired) electrons. The Bertz CT molecular complexity index is 1460. The lowest BCUT2D eigenvalue weighted by Crippen LogP contribution is -2.22. The summed E-state index contributed by atoms with van der Waals surface area (Å²) >= 11 is 0. The molecule has 0 bridgehead atoms. The first-order valence-electron chi connectivity index (χ1n) is 12.1. The number of benzene rings is 2. The van der Waals surface area contributed by atoms with Crippen molar-refractivity contribution >= 4 is 34.1 Å². The van der Waals surface area contributed by atoms with Gasteiger partial charge in [-0.2, -0.15) is 0 Å². The Hall–Kier alpha value is -4.37. The largest absolute Gasteiger partial charge is 0.494 e. The molecule has 1 aliphatic heterocycles. The Kier molecular flexibility index (Phi) is 6.78. The van der Waals surface area contributed by atoms with E-state index in [1.807, 2.05) is 25.2 Å². The first-order valence-corrected chi connectivity index (χ1v) is 12.1. The summed E-state index contributed by atoms with van der Waals surface area (Å²) in [6, 6.07) is 13.6. The quantitative estimate of drug-likeness (QED) is 0.343. The lowest BCUT2D eigenvalue weighted by Gasteiger charge is -2.20. The smallest absolute Gasteiger partial charge is 0.247 e. The molecule has 0 saturated carbocycles. The van der Waals surface area contributed by atoms with Gasteiger partial charge in [-0.15, -0.1) is 0 Å². The van der Waals surface area contributed by atoms with Crippen molar-refractivity contribution in [3.8, 4) is 22.8 Å². The highest BCUT2D eigenvalue weighted by Crippen LogP contribution is 2.39. The van der Waals surface area contributed by atoms with E-state index in [0.717, 1.165) is 41.7 Å². The van der Waals surface area contributed by atoms with Gasteiger partial charge in [0.1, 0.15) is 17.6 Å². The minimum atomic E-state index is -0.335. The molecule has 0 aliphatic carbocycles. The zero-order chi connectivity index (χ0) is 25.9. The maximum Gasteiger partial charge on any atom is 0.247 e. The van der Waals surface area contributed by atoms with Gasteiger partial charge in [0, 0.05) is 55.1 Å². The van der Waals surface area contributed by atoms with Crippen LogP contribution in [0.3, 0.4) is 0 Å². The molecule has 1 fully saturated rings. The summed E-state index contributed by atoms with van der Waals surface area (Å²) in [7, 11) is 5.66. The first kappa shape index (κ1) is 24.3. The van der Waals surface area contributed by atoms with Crippen molar-refractivity contribution in [2.24, 2.45) is 7.05 Å². The Labute approximate surface area is 215 Å². The van der Waals surface area contributed by atoms with Crippen LogP contribution in [0.15, 0.2) is 67.5 Å². The number of carbonyl (C=O) groups excluding carboxylic acids is 1. The first-order chi connectivity index (χ1) is 17.9. The number of nitrogens with zero attached hydrogens (tertiary/aromatic N) is 4. The minimum Gasteiger partial charge on any atom is -0.494 e. The summed E-state index contributed by atoms with van der Waals surface area (Å²) in [6.45, 7) is 5.33. The van der Waals surface area contributed by atoms with E-state index in [4.69, 9.17) is 14.5 Å². The molecule has 37 heavy (non-hydrogen) atoms. The number of hydrogen-bond acceptors (Lipinski definition) is 7. The number of methoxy groups -OCH3 is 1. The second-order valence-corrected chi connectivity index (χ2v) is 9.09. The zero-order valence-electron chi connectivity index (χ0n) is 21.2. The van der Waals surface area contributed by atoms with E-state index in [9.17, 15) is 4.79 Å². The normalized spacial score (nSPS) is 15.5. The van der Waals surface area contributed by atoms with Crippen LogP contribution in [0.1, 0.15) is 6.42 Å². The summed E-state index contributed by atoms with van der Waals surface area (Å²) in [5.74, 6) is 1.13. The third kappa shape index (κ3) is 5.12. The van der Waals surface area contributed by atoms with Crippen molar-refractivity contribution < 1.29 is 14.3 Å². The maximum absolute atomic E-state index is 12.2. The Morgan fingerprint density at radius 1 is 1.16 bits per heavy atom. The summed E-state index contributed by atoms with van der Waals surface area (Å²) in [6.07, 6.45) is 5.93. The lowest BCUT2D eigenvalue weighted by molar-refractivity contribution is -0.111. The number of para-hydroxylation sites is 1. The third-order valence-corrected chi connectivity index (χ3v) is 6.46. The van der Waals surface area contributed by atoms with Gasteiger partial charge in [0.05, 0.1) is 24.2 Å². The molecule has 4 aromatic rings. The third-order valence-electron chi connectivity index (χ3n) is 6.46. The van der Waals surface area contributed by atoms with Gasteiger partial charge in [-0.25, -0.2) is 9.97 Å². The van der Waals surface area contributed by atoms with E-state index in [1.165, 1.54) is 6.08 Å². The van der Waals surface area contributed by atoms with E-state index in [-0.39, 0.29) is 12.0 Å². The van der Waals surface area contributed by atoms with Gasteiger partial charge >= 0.3 is 0 Å². The van der Waals surface area contributed by atoms with E-state index in [1.54, 1.807) is 25.4 Å². The van der Waals surface area contributed by atoms with E-state index in [0.29, 0.717) is 28.8 Å². The topological polar surface area (TPSA) is 93.5 Å². The van der Waals surface area contributed by atoms with Crippen LogP contribution >= 0.6 is 0 Å². The Balaban J connectivity index is 1.48. The fourth-order valence-electron chi connectivity index (χ4n) is 4.61. The molecule has 3 heterocycles. The number of hydrogen-bond donors (Lipinski definition) is 2. The molecule has 0 spiro atoms. The summed E-state index contributed by atoms with van der Waals surface area (Å²) in [5, 5.41) is 7.21. The second kappa shape index (κ2) is 10.3. The number of likely N-dealkylation sites (tertiary alicyclic amines) is 1. The van der Waals surface area contributed by atoms with Gasteiger partial charge < -0.3 is 29.6 Å². The van der Waals surface area contributed by atoms with E-state index >= 15 is 0 Å². The highest BCUT2D eigenvalue weighted by atomic mass is 16.5. The number of fused-ring (bicyclic) bond motifs is 1. The van der Waals surface area contributed by atoms with Crippen molar-refractivity contribution in [2.75, 3.05) is 37.9 Å². The number of rotatable bonds is 8. The molecule has 2 N–H and O–H groups in total. The zero-order valence-corrected chi connectivity index (χ0v) is 21.2. The van der Waals surface area contributed by atoms with Gasteiger partial charge in [0.2, 0.25) is 11.9 Å². The van der Waals surface area contributed by atoms with Gasteiger partial charge in [0.25, 0.3) is 0 Å². The number of anilines is 3. The number of likely N-dealkylation sites (N-methyl/N-ethyl adjacent to an activating group) is 1. The monoisotopic (exact) mass is 498 g/mol. The predicted octanol–water partition coefficient (Wildman–Crippen LogP) is 4.59. The average Bonchev–Trinajstić information content (AvgIpc) is 3.48. The Morgan fingerprint density at radius 2 is 2.00 bits per heavy atom. The fourth-order valence-corrected chi connectivity index (χ4v) is 4.61. The van der Waals surface area contributed by atoms with Crippen molar-refractivity contribution in [1.82, 2.24) is 19.4 Å². The Morgan fingerprint density at radius 3 is 2.76 bits per heavy atom. The number of ether oxygens (including phenoxy) is 2. The maximum atomic E-state index is 12.2. The number of carbonyl (C=O) groups is 1. The van der Waals surface area contributed by atoms with Crippen molar-refractivity contribution in [2.45, 2.75) is 12.5 Å². The molecule has 5 rings (SSSR count). The second-order valence-electron chi connectivity index (χ2n) is 9.09. The van der Waals surface area contributed by atoms with Crippen molar-refractivity contribution in [3.63, 3.8) is 0 Å². The SMILES string of the molecule is C=CC(=O)Nc1cc(Nc2nccc(-c3cn(C)c4ccccc34)n2)c(OC)cc1O[C@@H]1CCN(C)C1. The van der Waals surface area contributed by atoms with Gasteiger partial charge in [0.15, 0.2) is 0 Å². The van der Waals surface area contributed by atoms with Crippen LogP contribution < -0.4 is 20.1 Å². The number of aromatic nitrogens is 3. The van der Waals surface area contributed by atoms with E-state index < -0.39 is 0 Å². The number of amides is 1. The molecule has 1 atom stereocenters. The van der Waals surface area contributed by atoms with Gasteiger partial charge in [-0.1, -0.05) is 24.8 Å². The van der Waals surface area contributed by atoms with Crippen LogP contribution in [0.2, 0.25) is 0 Å². The highest BCUT2D eigenvalue weighted by Gasteiger charge is 2.23. The molecule has 9 heteroatoms. The standard InChI is InChI=1S/C28H30N6O3/c1-5-27(35)30-23-14-22(25(36-4)15-26(23)37-18-11-13-33(2)16-18)32-28-29-12-10-21(31-28)20-17-34(3)24-9-7-6-8-19(20)24/h5-10,12,14-15,17-18H,1,11,13,16H2,2-4H3,(H,30,35)(H,29,31,32)/t18-/m1/s1. The summed E-state index contributed by atoms with van der Waals surface area (Å²) in [5.41, 5.74) is 4.03. The molecule has 9 nitrogen and oxygen atoms in total. The molecule has 2 aromatic heterocycles. The van der Waals surface area contributed by atoms with Crippen LogP contribution in [0.4, 0.5) is 17.3 Å². The average molecular weight is 499 g/mol. The molecule has 1 amide bonds. The van der Waals surface area contributed by atoms with Crippen LogP contribution in [-0.2, 0) is 11.8 Å².